The lowest BCUT2D eigenvalue weighted by molar-refractivity contribution is -0.129. The van der Waals surface area contributed by atoms with E-state index in [-0.39, 0.29) is 5.91 Å². The first-order valence-electron chi connectivity index (χ1n) is 9.07. The molecule has 4 aromatic rings. The number of rotatable bonds is 6. The summed E-state index contributed by atoms with van der Waals surface area (Å²) in [6.07, 6.45) is 0.821. The zero-order chi connectivity index (χ0) is 20.4. The van der Waals surface area contributed by atoms with Crippen LogP contribution in [-0.2, 0) is 17.6 Å². The first-order chi connectivity index (χ1) is 14.0. The van der Waals surface area contributed by atoms with Gasteiger partial charge in [0.1, 0.15) is 5.69 Å². The number of carbonyl (C=O) groups is 1. The second-order valence-corrected chi connectivity index (χ2v) is 7.67. The molecule has 4 rings (SSSR count). The molecule has 0 atom stereocenters. The molecule has 1 amide bonds. The number of aromatic amines is 1. The minimum Gasteiger partial charge on any atom is -0.351 e. The van der Waals surface area contributed by atoms with Gasteiger partial charge in [0.05, 0.1) is 6.42 Å². The standard InChI is InChI=1S/C21H18Cl2N4O2/c1-27(20(28)10-13-2-4-15(22)5-3-13)9-8-19-25-21(29-26-19)18-12-14-11-16(23)6-7-17(14)24-18/h2-7,11-12,24H,8-10H2,1H3. The molecule has 0 aliphatic rings. The summed E-state index contributed by atoms with van der Waals surface area (Å²) in [5.41, 5.74) is 2.59. The number of nitrogens with zero attached hydrogens (tertiary/aromatic N) is 3. The van der Waals surface area contributed by atoms with Crippen molar-refractivity contribution >= 4 is 40.0 Å². The van der Waals surface area contributed by atoms with Crippen LogP contribution in [0.3, 0.4) is 0 Å². The molecule has 0 radical (unpaired) electrons. The number of fused-ring (bicyclic) bond motifs is 1. The van der Waals surface area contributed by atoms with Crippen LogP contribution in [0.1, 0.15) is 11.4 Å². The fourth-order valence-corrected chi connectivity index (χ4v) is 3.29. The summed E-state index contributed by atoms with van der Waals surface area (Å²) < 4.78 is 5.37. The summed E-state index contributed by atoms with van der Waals surface area (Å²) >= 11 is 11.9. The van der Waals surface area contributed by atoms with Gasteiger partial charge in [0.15, 0.2) is 5.82 Å². The van der Waals surface area contributed by atoms with E-state index in [9.17, 15) is 4.79 Å². The number of amides is 1. The predicted octanol–water partition coefficient (Wildman–Crippen LogP) is 4.77. The maximum Gasteiger partial charge on any atom is 0.274 e. The zero-order valence-corrected chi connectivity index (χ0v) is 17.2. The zero-order valence-electron chi connectivity index (χ0n) is 15.7. The summed E-state index contributed by atoms with van der Waals surface area (Å²) in [6, 6.07) is 14.8. The summed E-state index contributed by atoms with van der Waals surface area (Å²) in [5.74, 6) is 0.967. The van der Waals surface area contributed by atoms with Crippen molar-refractivity contribution in [1.82, 2.24) is 20.0 Å². The minimum absolute atomic E-state index is 0.0172. The summed E-state index contributed by atoms with van der Waals surface area (Å²) in [6.45, 7) is 0.494. The molecule has 0 spiro atoms. The second-order valence-electron chi connectivity index (χ2n) is 6.80. The van der Waals surface area contributed by atoms with Crippen molar-refractivity contribution in [3.05, 3.63) is 70.0 Å². The first kappa shape index (κ1) is 19.5. The van der Waals surface area contributed by atoms with Crippen LogP contribution >= 0.6 is 23.2 Å². The van der Waals surface area contributed by atoms with Crippen molar-refractivity contribution < 1.29 is 9.32 Å². The van der Waals surface area contributed by atoms with Crippen LogP contribution in [0.25, 0.3) is 22.5 Å². The van der Waals surface area contributed by atoms with Crippen LogP contribution in [-0.4, -0.2) is 39.5 Å². The van der Waals surface area contributed by atoms with E-state index in [1.54, 1.807) is 24.1 Å². The molecule has 0 unspecified atom stereocenters. The highest BCUT2D eigenvalue weighted by Gasteiger charge is 2.14. The predicted molar refractivity (Wildman–Crippen MR) is 113 cm³/mol. The van der Waals surface area contributed by atoms with Crippen molar-refractivity contribution in [2.24, 2.45) is 0 Å². The molecule has 6 nitrogen and oxygen atoms in total. The van der Waals surface area contributed by atoms with E-state index in [4.69, 9.17) is 27.7 Å². The van der Waals surface area contributed by atoms with Gasteiger partial charge in [0, 0.05) is 41.0 Å². The number of halogens is 2. The molecule has 2 aromatic carbocycles. The highest BCUT2D eigenvalue weighted by Crippen LogP contribution is 2.25. The Morgan fingerprint density at radius 3 is 2.66 bits per heavy atom. The normalized spacial score (nSPS) is 11.1. The van der Waals surface area contributed by atoms with Crippen molar-refractivity contribution in [3.8, 4) is 11.6 Å². The van der Waals surface area contributed by atoms with Crippen LogP contribution in [0.4, 0.5) is 0 Å². The highest BCUT2D eigenvalue weighted by molar-refractivity contribution is 6.31. The average Bonchev–Trinajstić information content (AvgIpc) is 3.34. The molecule has 29 heavy (non-hydrogen) atoms. The maximum absolute atomic E-state index is 12.4. The van der Waals surface area contributed by atoms with Crippen molar-refractivity contribution in [2.45, 2.75) is 12.8 Å². The fourth-order valence-electron chi connectivity index (χ4n) is 2.99. The number of hydrogen-bond acceptors (Lipinski definition) is 4. The van der Waals surface area contributed by atoms with E-state index in [1.165, 1.54) is 0 Å². The average molecular weight is 429 g/mol. The largest absolute Gasteiger partial charge is 0.351 e. The Balaban J connectivity index is 1.37. The molecule has 0 bridgehead atoms. The van der Waals surface area contributed by atoms with Crippen LogP contribution in [0.15, 0.2) is 53.1 Å². The van der Waals surface area contributed by atoms with Gasteiger partial charge < -0.3 is 14.4 Å². The maximum atomic E-state index is 12.4. The van der Waals surface area contributed by atoms with Crippen LogP contribution in [0, 0.1) is 0 Å². The van der Waals surface area contributed by atoms with Gasteiger partial charge in [-0.05, 0) is 42.0 Å². The van der Waals surface area contributed by atoms with Crippen molar-refractivity contribution in [3.63, 3.8) is 0 Å². The minimum atomic E-state index is 0.0172. The molecule has 0 aliphatic carbocycles. The summed E-state index contributed by atoms with van der Waals surface area (Å²) in [4.78, 5) is 21.7. The Hall–Kier alpha value is -2.83. The topological polar surface area (TPSA) is 75.0 Å². The molecule has 0 saturated heterocycles. The molecule has 0 aliphatic heterocycles. The van der Waals surface area contributed by atoms with Gasteiger partial charge >= 0.3 is 0 Å². The van der Waals surface area contributed by atoms with Crippen molar-refractivity contribution in [2.75, 3.05) is 13.6 Å². The molecule has 1 N–H and O–H groups in total. The number of H-pyrrole nitrogens is 1. The Kier molecular flexibility index (Phi) is 5.56. The number of benzene rings is 2. The summed E-state index contributed by atoms with van der Waals surface area (Å²) in [5, 5.41) is 6.31. The molecular formula is C21H18Cl2N4O2. The molecule has 2 aromatic heterocycles. The summed E-state index contributed by atoms with van der Waals surface area (Å²) in [7, 11) is 1.76. The van der Waals surface area contributed by atoms with E-state index in [0.29, 0.717) is 41.1 Å². The van der Waals surface area contributed by atoms with Crippen LogP contribution in [0.2, 0.25) is 10.0 Å². The van der Waals surface area contributed by atoms with Gasteiger partial charge in [0.25, 0.3) is 5.89 Å². The third-order valence-electron chi connectivity index (χ3n) is 4.65. The Labute approximate surface area is 177 Å². The fraction of sp³-hybridized carbons (Fsp3) is 0.190. The van der Waals surface area contributed by atoms with E-state index >= 15 is 0 Å². The quantitative estimate of drug-likeness (QED) is 0.479. The number of hydrogen-bond donors (Lipinski definition) is 1. The van der Waals surface area contributed by atoms with E-state index < -0.39 is 0 Å². The molecule has 0 saturated carbocycles. The van der Waals surface area contributed by atoms with E-state index in [0.717, 1.165) is 22.2 Å². The second kappa shape index (κ2) is 8.27. The monoisotopic (exact) mass is 428 g/mol. The molecular weight excluding hydrogens is 411 g/mol. The third-order valence-corrected chi connectivity index (χ3v) is 5.13. The number of carbonyl (C=O) groups excluding carboxylic acids is 1. The van der Waals surface area contributed by atoms with Gasteiger partial charge in [-0.15, -0.1) is 0 Å². The van der Waals surface area contributed by atoms with Crippen LogP contribution in [0.5, 0.6) is 0 Å². The lowest BCUT2D eigenvalue weighted by Crippen LogP contribution is -2.30. The molecule has 0 fully saturated rings. The Morgan fingerprint density at radius 2 is 1.86 bits per heavy atom. The lowest BCUT2D eigenvalue weighted by atomic mass is 10.1. The van der Waals surface area contributed by atoms with Gasteiger partial charge in [-0.1, -0.05) is 40.5 Å². The highest BCUT2D eigenvalue weighted by atomic mass is 35.5. The Bertz CT molecular complexity index is 1150. The van der Waals surface area contributed by atoms with Gasteiger partial charge in [-0.25, -0.2) is 0 Å². The molecule has 8 heteroatoms. The van der Waals surface area contributed by atoms with Gasteiger partial charge in [-0.3, -0.25) is 4.79 Å². The smallest absolute Gasteiger partial charge is 0.274 e. The first-order valence-corrected chi connectivity index (χ1v) is 9.83. The Morgan fingerprint density at radius 1 is 1.10 bits per heavy atom. The van der Waals surface area contributed by atoms with Crippen molar-refractivity contribution in [1.29, 1.82) is 0 Å². The number of nitrogens with one attached hydrogen (secondary N) is 1. The van der Waals surface area contributed by atoms with Crippen LogP contribution < -0.4 is 0 Å². The van der Waals surface area contributed by atoms with Gasteiger partial charge in [0.2, 0.25) is 5.91 Å². The van der Waals surface area contributed by atoms with E-state index in [1.807, 2.05) is 36.4 Å². The SMILES string of the molecule is CN(CCc1noc(-c2cc3cc(Cl)ccc3[nH]2)n1)C(=O)Cc1ccc(Cl)cc1. The van der Waals surface area contributed by atoms with Gasteiger partial charge in [-0.2, -0.15) is 4.98 Å². The molecule has 2 heterocycles. The number of aromatic nitrogens is 3. The third kappa shape index (κ3) is 4.60. The van der Waals surface area contributed by atoms with E-state index in [2.05, 4.69) is 15.1 Å². The lowest BCUT2D eigenvalue weighted by Gasteiger charge is -2.16. The number of likely N-dealkylation sites (N-methyl/N-ethyl adjacent to an activating group) is 1. The molecule has 148 valence electrons.